The van der Waals surface area contributed by atoms with E-state index in [-0.39, 0.29) is 6.04 Å². The molecule has 2 aromatic rings. The second kappa shape index (κ2) is 5.03. The second-order valence-electron chi connectivity index (χ2n) is 4.59. The van der Waals surface area contributed by atoms with Gasteiger partial charge in [-0.25, -0.2) is 4.98 Å². The number of para-hydroxylation sites is 1. The summed E-state index contributed by atoms with van der Waals surface area (Å²) in [5.74, 6) is 0.315. The Hall–Kier alpha value is -2.12. The van der Waals surface area contributed by atoms with Gasteiger partial charge >= 0.3 is 0 Å². The summed E-state index contributed by atoms with van der Waals surface area (Å²) < 4.78 is 1.89. The molecule has 1 aromatic carbocycles. The molecule has 4 heteroatoms. The topological polar surface area (TPSA) is 67.6 Å². The maximum absolute atomic E-state index is 9.14. The molecule has 0 aliphatic heterocycles. The van der Waals surface area contributed by atoms with Gasteiger partial charge in [-0.2, -0.15) is 5.26 Å². The van der Waals surface area contributed by atoms with Crippen molar-refractivity contribution in [1.82, 2.24) is 9.55 Å². The lowest BCUT2D eigenvalue weighted by molar-refractivity contribution is 0.497. The summed E-state index contributed by atoms with van der Waals surface area (Å²) in [6.45, 7) is 4.14. The summed E-state index contributed by atoms with van der Waals surface area (Å²) in [7, 11) is 0. The Bertz CT molecular complexity index is 577. The summed E-state index contributed by atoms with van der Waals surface area (Å²) in [6, 6.07) is 9.54. The first-order valence-electron chi connectivity index (χ1n) is 5.92. The number of hydrogen-bond acceptors (Lipinski definition) is 3. The van der Waals surface area contributed by atoms with Crippen LogP contribution >= 0.6 is 0 Å². The highest BCUT2D eigenvalue weighted by Gasteiger charge is 2.17. The quantitative estimate of drug-likeness (QED) is 0.895. The van der Waals surface area contributed by atoms with Gasteiger partial charge in [0, 0.05) is 6.04 Å². The molecule has 0 saturated heterocycles. The van der Waals surface area contributed by atoms with Gasteiger partial charge < -0.3 is 10.3 Å². The van der Waals surface area contributed by atoms with E-state index in [1.165, 1.54) is 0 Å². The lowest BCUT2D eigenvalue weighted by Gasteiger charge is -2.18. The Morgan fingerprint density at radius 2 is 2.06 bits per heavy atom. The smallest absolute Gasteiger partial charge is 0.101 e. The average Bonchev–Trinajstić information content (AvgIpc) is 2.86. The number of nitriles is 1. The molecule has 0 amide bonds. The van der Waals surface area contributed by atoms with Crippen LogP contribution in [-0.4, -0.2) is 9.55 Å². The number of aromatic nitrogens is 2. The first-order valence-corrected chi connectivity index (χ1v) is 5.92. The molecule has 0 saturated carbocycles. The van der Waals surface area contributed by atoms with E-state index in [4.69, 9.17) is 11.0 Å². The summed E-state index contributed by atoms with van der Waals surface area (Å²) in [5, 5.41) is 9.14. The molecule has 1 unspecified atom stereocenters. The molecule has 0 fully saturated rings. The van der Waals surface area contributed by atoms with E-state index < -0.39 is 0 Å². The van der Waals surface area contributed by atoms with Crippen molar-refractivity contribution in [2.75, 3.05) is 0 Å². The molecule has 0 radical (unpaired) electrons. The van der Waals surface area contributed by atoms with Crippen molar-refractivity contribution in [3.8, 4) is 11.8 Å². The van der Waals surface area contributed by atoms with Gasteiger partial charge in [0.15, 0.2) is 0 Å². The van der Waals surface area contributed by atoms with Gasteiger partial charge in [-0.05, 0) is 18.1 Å². The van der Waals surface area contributed by atoms with Crippen molar-refractivity contribution in [1.29, 1.82) is 5.26 Å². The highest BCUT2D eigenvalue weighted by Crippen LogP contribution is 2.23. The number of benzene rings is 1. The molecule has 92 valence electrons. The van der Waals surface area contributed by atoms with Gasteiger partial charge in [0.05, 0.1) is 29.5 Å². The molecule has 0 spiro atoms. The van der Waals surface area contributed by atoms with Gasteiger partial charge in [0.2, 0.25) is 0 Å². The van der Waals surface area contributed by atoms with E-state index in [0.717, 1.165) is 11.4 Å². The lowest BCUT2D eigenvalue weighted by Crippen LogP contribution is -2.20. The predicted molar refractivity (Wildman–Crippen MR) is 70.0 cm³/mol. The molecular weight excluding hydrogens is 224 g/mol. The first kappa shape index (κ1) is 12.3. The zero-order valence-corrected chi connectivity index (χ0v) is 10.5. The third-order valence-corrected chi connectivity index (χ3v) is 3.01. The fraction of sp³-hybridized carbons (Fsp3) is 0.286. The normalized spacial score (nSPS) is 12.4. The van der Waals surface area contributed by atoms with E-state index in [9.17, 15) is 0 Å². The number of hydrogen-bond donors (Lipinski definition) is 1. The molecule has 1 heterocycles. The van der Waals surface area contributed by atoms with Crippen LogP contribution in [0.25, 0.3) is 5.69 Å². The zero-order chi connectivity index (χ0) is 13.1. The van der Waals surface area contributed by atoms with Crippen molar-refractivity contribution in [3.63, 3.8) is 0 Å². The molecule has 1 atom stereocenters. The SMILES string of the molecule is CC(C)C(N)c1cncn1-c1ccccc1C#N. The molecule has 18 heavy (non-hydrogen) atoms. The fourth-order valence-electron chi connectivity index (χ4n) is 1.87. The second-order valence-corrected chi connectivity index (χ2v) is 4.59. The summed E-state index contributed by atoms with van der Waals surface area (Å²) in [4.78, 5) is 4.15. The minimum Gasteiger partial charge on any atom is -0.322 e. The Morgan fingerprint density at radius 3 is 2.72 bits per heavy atom. The van der Waals surface area contributed by atoms with Gasteiger partial charge in [-0.15, -0.1) is 0 Å². The summed E-state index contributed by atoms with van der Waals surface area (Å²) >= 11 is 0. The van der Waals surface area contributed by atoms with Gasteiger partial charge in [0.25, 0.3) is 0 Å². The van der Waals surface area contributed by atoms with Gasteiger partial charge in [-0.3, -0.25) is 0 Å². The standard InChI is InChI=1S/C14H16N4/c1-10(2)14(16)13-8-17-9-18(13)12-6-4-3-5-11(12)7-15/h3-6,8-10,14H,16H2,1-2H3. The van der Waals surface area contributed by atoms with Crippen LogP contribution < -0.4 is 5.73 Å². The number of nitrogens with zero attached hydrogens (tertiary/aromatic N) is 3. The minimum absolute atomic E-state index is 0.0979. The predicted octanol–water partition coefficient (Wildman–Crippen LogP) is 2.40. The van der Waals surface area contributed by atoms with Crippen LogP contribution in [0.3, 0.4) is 0 Å². The highest BCUT2D eigenvalue weighted by atomic mass is 15.1. The van der Waals surface area contributed by atoms with Crippen LogP contribution in [0.5, 0.6) is 0 Å². The molecule has 1 aromatic heterocycles. The lowest BCUT2D eigenvalue weighted by atomic mass is 10.0. The van der Waals surface area contributed by atoms with Crippen molar-refractivity contribution >= 4 is 0 Å². The number of rotatable bonds is 3. The highest BCUT2D eigenvalue weighted by molar-refractivity contribution is 5.49. The van der Waals surface area contributed by atoms with E-state index in [2.05, 4.69) is 24.9 Å². The fourth-order valence-corrected chi connectivity index (χ4v) is 1.87. The average molecular weight is 240 g/mol. The maximum Gasteiger partial charge on any atom is 0.101 e. The maximum atomic E-state index is 9.14. The monoisotopic (exact) mass is 240 g/mol. The van der Waals surface area contributed by atoms with Crippen molar-refractivity contribution in [3.05, 3.63) is 48.0 Å². The third-order valence-electron chi connectivity index (χ3n) is 3.01. The zero-order valence-electron chi connectivity index (χ0n) is 10.5. The largest absolute Gasteiger partial charge is 0.322 e. The van der Waals surface area contributed by atoms with E-state index >= 15 is 0 Å². The minimum atomic E-state index is -0.0979. The molecule has 2 rings (SSSR count). The van der Waals surface area contributed by atoms with Gasteiger partial charge in [0.1, 0.15) is 6.07 Å². The Labute approximate surface area is 107 Å². The van der Waals surface area contributed by atoms with Crippen molar-refractivity contribution in [2.24, 2.45) is 11.7 Å². The van der Waals surface area contributed by atoms with Crippen LogP contribution in [0.4, 0.5) is 0 Å². The summed E-state index contributed by atoms with van der Waals surface area (Å²) in [6.07, 6.45) is 3.46. The van der Waals surface area contributed by atoms with Crippen LogP contribution in [0, 0.1) is 17.2 Å². The van der Waals surface area contributed by atoms with E-state index in [0.29, 0.717) is 11.5 Å². The van der Waals surface area contributed by atoms with Crippen LogP contribution in [0.1, 0.15) is 31.1 Å². The Balaban J connectivity index is 2.53. The third kappa shape index (κ3) is 2.13. The van der Waals surface area contributed by atoms with Crippen LogP contribution in [-0.2, 0) is 0 Å². The molecule has 4 nitrogen and oxygen atoms in total. The molecular formula is C14H16N4. The first-order chi connectivity index (χ1) is 8.65. The van der Waals surface area contributed by atoms with Crippen LogP contribution in [0.2, 0.25) is 0 Å². The number of nitrogens with two attached hydrogens (primary N) is 1. The Morgan fingerprint density at radius 1 is 1.33 bits per heavy atom. The number of imidazole rings is 1. The van der Waals surface area contributed by atoms with Crippen molar-refractivity contribution < 1.29 is 0 Å². The van der Waals surface area contributed by atoms with Crippen LogP contribution in [0.15, 0.2) is 36.8 Å². The van der Waals surface area contributed by atoms with Crippen molar-refractivity contribution in [2.45, 2.75) is 19.9 Å². The molecule has 0 bridgehead atoms. The summed E-state index contributed by atoms with van der Waals surface area (Å²) in [5.41, 5.74) is 8.53. The molecule has 2 N–H and O–H groups in total. The van der Waals surface area contributed by atoms with E-state index in [1.54, 1.807) is 18.6 Å². The Kier molecular flexibility index (Phi) is 3.45. The molecule has 0 aliphatic rings. The molecule has 0 aliphatic carbocycles. The van der Waals surface area contributed by atoms with Gasteiger partial charge in [-0.1, -0.05) is 26.0 Å². The van der Waals surface area contributed by atoms with E-state index in [1.807, 2.05) is 22.8 Å².